The molecular formula is C14H19N5S. The topological polar surface area (TPSA) is 64.8 Å². The summed E-state index contributed by atoms with van der Waals surface area (Å²) in [6, 6.07) is 4.42. The quantitative estimate of drug-likeness (QED) is 0.917. The van der Waals surface area contributed by atoms with Crippen LogP contribution in [0.25, 0.3) is 10.2 Å². The average Bonchev–Trinajstić information content (AvgIpc) is 2.88. The molecule has 1 N–H and O–H groups in total. The van der Waals surface area contributed by atoms with Crippen LogP contribution in [0.4, 0.5) is 11.8 Å². The lowest BCUT2D eigenvalue weighted by molar-refractivity contribution is 0.712. The first-order valence-corrected chi connectivity index (χ1v) is 7.49. The van der Waals surface area contributed by atoms with Crippen molar-refractivity contribution in [3.63, 3.8) is 0 Å². The van der Waals surface area contributed by atoms with Crippen molar-refractivity contribution in [2.75, 3.05) is 30.9 Å². The molecule has 1 atom stereocenters. The Morgan fingerprint density at radius 1 is 1.50 bits per heavy atom. The third-order valence-corrected chi connectivity index (χ3v) is 4.30. The van der Waals surface area contributed by atoms with Crippen LogP contribution in [0.3, 0.4) is 0 Å². The van der Waals surface area contributed by atoms with Gasteiger partial charge in [0.25, 0.3) is 0 Å². The molecule has 0 radical (unpaired) electrons. The number of nitrogens with zero attached hydrogens (tertiary/aromatic N) is 4. The van der Waals surface area contributed by atoms with E-state index >= 15 is 0 Å². The number of hydrogen-bond donors (Lipinski definition) is 1. The molecule has 1 unspecified atom stereocenters. The summed E-state index contributed by atoms with van der Waals surface area (Å²) in [5, 5.41) is 13.0. The van der Waals surface area contributed by atoms with E-state index in [4.69, 9.17) is 5.26 Å². The van der Waals surface area contributed by atoms with E-state index in [0.717, 1.165) is 22.5 Å². The fraction of sp³-hybridized carbons (Fsp3) is 0.500. The van der Waals surface area contributed by atoms with E-state index in [1.165, 1.54) is 4.88 Å². The normalized spacial score (nSPS) is 12.2. The maximum Gasteiger partial charge on any atom is 0.225 e. The second-order valence-electron chi connectivity index (χ2n) is 4.82. The van der Waals surface area contributed by atoms with E-state index in [1.807, 2.05) is 25.9 Å². The smallest absolute Gasteiger partial charge is 0.225 e. The Hall–Kier alpha value is -1.87. The highest BCUT2D eigenvalue weighted by molar-refractivity contribution is 7.18. The Labute approximate surface area is 123 Å². The largest absolute Gasteiger partial charge is 0.358 e. The second kappa shape index (κ2) is 6.06. The molecule has 5 nitrogen and oxygen atoms in total. The van der Waals surface area contributed by atoms with E-state index in [1.54, 1.807) is 11.3 Å². The molecule has 0 aliphatic heterocycles. The molecule has 0 bridgehead atoms. The van der Waals surface area contributed by atoms with Crippen LogP contribution in [0.1, 0.15) is 18.7 Å². The first-order chi connectivity index (χ1) is 9.58. The van der Waals surface area contributed by atoms with Gasteiger partial charge in [-0.15, -0.1) is 11.3 Å². The lowest BCUT2D eigenvalue weighted by atomic mass is 10.2. The van der Waals surface area contributed by atoms with Gasteiger partial charge in [0, 0.05) is 25.5 Å². The first kappa shape index (κ1) is 14.5. The molecule has 20 heavy (non-hydrogen) atoms. The van der Waals surface area contributed by atoms with Gasteiger partial charge in [0.2, 0.25) is 5.95 Å². The fourth-order valence-corrected chi connectivity index (χ4v) is 3.03. The SMILES string of the molecule is CCc1cc2c(N(C)CC(C)C#N)nc(NC)nc2s1. The van der Waals surface area contributed by atoms with Crippen LogP contribution < -0.4 is 10.2 Å². The summed E-state index contributed by atoms with van der Waals surface area (Å²) in [7, 11) is 3.79. The van der Waals surface area contributed by atoms with Crippen molar-refractivity contribution < 1.29 is 0 Å². The number of thiophene rings is 1. The summed E-state index contributed by atoms with van der Waals surface area (Å²) in [6.45, 7) is 4.71. The van der Waals surface area contributed by atoms with E-state index in [-0.39, 0.29) is 5.92 Å². The zero-order chi connectivity index (χ0) is 14.7. The molecule has 0 saturated heterocycles. The Kier molecular flexibility index (Phi) is 4.40. The molecule has 2 heterocycles. The monoisotopic (exact) mass is 289 g/mol. The van der Waals surface area contributed by atoms with Crippen molar-refractivity contribution >= 4 is 33.3 Å². The van der Waals surface area contributed by atoms with Gasteiger partial charge < -0.3 is 10.2 Å². The summed E-state index contributed by atoms with van der Waals surface area (Å²) in [5.41, 5.74) is 0. The third-order valence-electron chi connectivity index (χ3n) is 3.13. The molecule has 0 fully saturated rings. The lowest BCUT2D eigenvalue weighted by Gasteiger charge is -2.20. The van der Waals surface area contributed by atoms with Gasteiger partial charge in [0.1, 0.15) is 10.6 Å². The number of nitriles is 1. The van der Waals surface area contributed by atoms with Crippen molar-refractivity contribution in [1.82, 2.24) is 9.97 Å². The van der Waals surface area contributed by atoms with Gasteiger partial charge in [-0.2, -0.15) is 10.2 Å². The Balaban J connectivity index is 2.49. The van der Waals surface area contributed by atoms with Crippen LogP contribution in [-0.2, 0) is 6.42 Å². The number of fused-ring (bicyclic) bond motifs is 1. The molecular weight excluding hydrogens is 270 g/mol. The van der Waals surface area contributed by atoms with Gasteiger partial charge >= 0.3 is 0 Å². The van der Waals surface area contributed by atoms with Crippen LogP contribution in [0.15, 0.2) is 6.07 Å². The van der Waals surface area contributed by atoms with E-state index in [2.05, 4.69) is 34.3 Å². The zero-order valence-corrected chi connectivity index (χ0v) is 13.1. The minimum atomic E-state index is -0.0349. The number of rotatable bonds is 5. The van der Waals surface area contributed by atoms with Gasteiger partial charge in [-0.05, 0) is 19.4 Å². The summed E-state index contributed by atoms with van der Waals surface area (Å²) in [4.78, 5) is 13.4. The molecule has 0 aliphatic carbocycles. The number of anilines is 2. The van der Waals surface area contributed by atoms with Gasteiger partial charge in [-0.25, -0.2) is 4.98 Å². The number of aryl methyl sites for hydroxylation is 1. The van der Waals surface area contributed by atoms with E-state index < -0.39 is 0 Å². The van der Waals surface area contributed by atoms with Crippen molar-refractivity contribution in [3.05, 3.63) is 10.9 Å². The van der Waals surface area contributed by atoms with E-state index in [0.29, 0.717) is 12.5 Å². The minimum Gasteiger partial charge on any atom is -0.358 e. The molecule has 0 amide bonds. The molecule has 0 aromatic carbocycles. The van der Waals surface area contributed by atoms with Crippen LogP contribution in [0, 0.1) is 17.2 Å². The Bertz CT molecular complexity index is 643. The average molecular weight is 289 g/mol. The van der Waals surface area contributed by atoms with Crippen LogP contribution in [0.2, 0.25) is 0 Å². The molecule has 0 spiro atoms. The summed E-state index contributed by atoms with van der Waals surface area (Å²) < 4.78 is 0. The highest BCUT2D eigenvalue weighted by Crippen LogP contribution is 2.32. The maximum atomic E-state index is 8.97. The Morgan fingerprint density at radius 3 is 2.85 bits per heavy atom. The highest BCUT2D eigenvalue weighted by atomic mass is 32.1. The Morgan fingerprint density at radius 2 is 2.25 bits per heavy atom. The number of nitrogens with one attached hydrogen (secondary N) is 1. The lowest BCUT2D eigenvalue weighted by Crippen LogP contribution is -2.24. The molecule has 6 heteroatoms. The summed E-state index contributed by atoms with van der Waals surface area (Å²) in [5.74, 6) is 1.47. The number of hydrogen-bond acceptors (Lipinski definition) is 6. The van der Waals surface area contributed by atoms with Crippen LogP contribution >= 0.6 is 11.3 Å². The van der Waals surface area contributed by atoms with Crippen molar-refractivity contribution in [2.24, 2.45) is 5.92 Å². The van der Waals surface area contributed by atoms with Crippen LogP contribution in [-0.4, -0.2) is 30.6 Å². The standard InChI is InChI=1S/C14H19N5S/c1-5-10-6-11-12(19(4)8-9(2)7-15)17-14(16-3)18-13(11)20-10/h6,9H,5,8H2,1-4H3,(H,16,17,18). The minimum absolute atomic E-state index is 0.0349. The van der Waals surface area contributed by atoms with Crippen molar-refractivity contribution in [3.8, 4) is 6.07 Å². The fourth-order valence-electron chi connectivity index (χ4n) is 2.07. The molecule has 106 valence electrons. The summed E-state index contributed by atoms with van der Waals surface area (Å²) in [6.07, 6.45) is 0.994. The highest BCUT2D eigenvalue weighted by Gasteiger charge is 2.15. The van der Waals surface area contributed by atoms with Crippen molar-refractivity contribution in [2.45, 2.75) is 20.3 Å². The molecule has 0 aliphatic rings. The third kappa shape index (κ3) is 2.83. The molecule has 2 aromatic rings. The maximum absolute atomic E-state index is 8.97. The first-order valence-electron chi connectivity index (χ1n) is 6.68. The van der Waals surface area contributed by atoms with E-state index in [9.17, 15) is 0 Å². The predicted octanol–water partition coefficient (Wildman–Crippen LogP) is 2.89. The van der Waals surface area contributed by atoms with Gasteiger partial charge in [-0.1, -0.05) is 6.92 Å². The van der Waals surface area contributed by atoms with Gasteiger partial charge in [0.15, 0.2) is 0 Å². The van der Waals surface area contributed by atoms with Crippen LogP contribution in [0.5, 0.6) is 0 Å². The molecule has 2 rings (SSSR count). The zero-order valence-electron chi connectivity index (χ0n) is 12.3. The predicted molar refractivity (Wildman–Crippen MR) is 84.4 cm³/mol. The van der Waals surface area contributed by atoms with Crippen molar-refractivity contribution in [1.29, 1.82) is 5.26 Å². The van der Waals surface area contributed by atoms with Gasteiger partial charge in [0.05, 0.1) is 17.4 Å². The number of aromatic nitrogens is 2. The molecule has 0 saturated carbocycles. The van der Waals surface area contributed by atoms with Gasteiger partial charge in [-0.3, -0.25) is 0 Å². The summed E-state index contributed by atoms with van der Waals surface area (Å²) >= 11 is 1.70. The second-order valence-corrected chi connectivity index (χ2v) is 5.93. The molecule has 2 aromatic heterocycles.